The van der Waals surface area contributed by atoms with Gasteiger partial charge in [0.25, 0.3) is 5.91 Å². The molecule has 0 fully saturated rings. The van der Waals surface area contributed by atoms with Gasteiger partial charge in [-0.1, -0.05) is 54.1 Å². The van der Waals surface area contributed by atoms with Gasteiger partial charge in [-0.05, 0) is 103 Å². The molecule has 2 N–H and O–H groups in total. The third-order valence-electron chi connectivity index (χ3n) is 8.10. The van der Waals surface area contributed by atoms with Crippen molar-refractivity contribution in [3.05, 3.63) is 143 Å². The number of aliphatic carboxylic acids is 1. The molecule has 2 amide bonds. The number of amides is 2. The third kappa shape index (κ3) is 9.64. The quantitative estimate of drug-likeness (QED) is 0.129. The standard InChI is InChI=1S/C39H36N2O8S/c1-26-3-9-29(10-4-26)30-11-13-32(14-12-30)39(46)49-34-19-5-28(6-20-34)24-41(25-37(43)44)38(45)31-15-17-33(18-16-31)40-36(42)23-27-7-21-35(22-8-27)50(2,47)48/h3,5-9,11-22H,4,10,23-25H2,1-2H3,(H,40,42)(H,43,44). The minimum absolute atomic E-state index is 0.0119. The number of carboxylic acids is 1. The van der Waals surface area contributed by atoms with Gasteiger partial charge in [0.1, 0.15) is 12.3 Å². The molecule has 0 unspecified atom stereocenters. The molecule has 1 aliphatic carbocycles. The molecule has 10 nitrogen and oxygen atoms in total. The van der Waals surface area contributed by atoms with Crippen molar-refractivity contribution in [3.8, 4) is 5.75 Å². The van der Waals surface area contributed by atoms with E-state index in [2.05, 4.69) is 24.4 Å². The van der Waals surface area contributed by atoms with Crippen LogP contribution in [0.25, 0.3) is 5.57 Å². The van der Waals surface area contributed by atoms with E-state index < -0.39 is 34.2 Å². The monoisotopic (exact) mass is 692 g/mol. The van der Waals surface area contributed by atoms with Crippen molar-refractivity contribution >= 4 is 44.9 Å². The van der Waals surface area contributed by atoms with Crippen molar-refractivity contribution in [3.63, 3.8) is 0 Å². The van der Waals surface area contributed by atoms with Crippen LogP contribution in [0.15, 0.2) is 120 Å². The minimum Gasteiger partial charge on any atom is -0.480 e. The summed E-state index contributed by atoms with van der Waals surface area (Å²) in [5, 5.41) is 12.2. The average molecular weight is 693 g/mol. The first-order chi connectivity index (χ1) is 23.8. The number of benzene rings is 4. The molecule has 1 aliphatic rings. The Morgan fingerprint density at radius 3 is 1.98 bits per heavy atom. The lowest BCUT2D eigenvalue weighted by Crippen LogP contribution is -2.35. The van der Waals surface area contributed by atoms with Gasteiger partial charge in [-0.25, -0.2) is 13.2 Å². The number of allylic oxidation sites excluding steroid dienone is 4. The van der Waals surface area contributed by atoms with Gasteiger partial charge in [0, 0.05) is 24.1 Å². The number of carbonyl (C=O) groups is 4. The van der Waals surface area contributed by atoms with E-state index in [0.717, 1.165) is 24.7 Å². The molecule has 0 aromatic heterocycles. The van der Waals surface area contributed by atoms with Crippen LogP contribution in [0.4, 0.5) is 5.69 Å². The van der Waals surface area contributed by atoms with E-state index in [1.165, 1.54) is 40.3 Å². The Morgan fingerprint density at radius 1 is 0.780 bits per heavy atom. The molecule has 256 valence electrons. The first-order valence-electron chi connectivity index (χ1n) is 15.8. The maximum absolute atomic E-state index is 13.3. The Bertz CT molecular complexity index is 2070. The summed E-state index contributed by atoms with van der Waals surface area (Å²) in [7, 11) is -3.34. The number of nitrogens with one attached hydrogen (secondary N) is 1. The number of hydrogen-bond donors (Lipinski definition) is 2. The van der Waals surface area contributed by atoms with Gasteiger partial charge < -0.3 is 20.1 Å². The summed E-state index contributed by atoms with van der Waals surface area (Å²) in [4.78, 5) is 51.6. The number of nitrogens with zero attached hydrogens (tertiary/aromatic N) is 1. The van der Waals surface area contributed by atoms with Crippen molar-refractivity contribution < 1.29 is 37.4 Å². The van der Waals surface area contributed by atoms with Crippen LogP contribution >= 0.6 is 0 Å². The Labute approximate surface area is 290 Å². The molecule has 0 aliphatic heterocycles. The number of hydrogen-bond acceptors (Lipinski definition) is 7. The Kier molecular flexibility index (Phi) is 11.1. The van der Waals surface area contributed by atoms with Crippen LogP contribution in [0.3, 0.4) is 0 Å². The van der Waals surface area contributed by atoms with Crippen molar-refractivity contribution in [2.75, 3.05) is 18.1 Å². The molecule has 0 saturated carbocycles. The fourth-order valence-electron chi connectivity index (χ4n) is 5.34. The smallest absolute Gasteiger partial charge is 0.343 e. The Hall–Kier alpha value is -5.81. The van der Waals surface area contributed by atoms with Gasteiger partial charge >= 0.3 is 11.9 Å². The third-order valence-corrected chi connectivity index (χ3v) is 9.23. The van der Waals surface area contributed by atoms with Crippen molar-refractivity contribution in [2.45, 2.75) is 37.6 Å². The summed E-state index contributed by atoms with van der Waals surface area (Å²) in [6.07, 6.45) is 7.30. The van der Waals surface area contributed by atoms with E-state index in [4.69, 9.17) is 4.74 Å². The van der Waals surface area contributed by atoms with Crippen LogP contribution in [-0.4, -0.2) is 55.0 Å². The highest BCUT2D eigenvalue weighted by Crippen LogP contribution is 2.27. The lowest BCUT2D eigenvalue weighted by Gasteiger charge is -2.21. The van der Waals surface area contributed by atoms with Gasteiger partial charge in [-0.2, -0.15) is 0 Å². The largest absolute Gasteiger partial charge is 0.480 e. The van der Waals surface area contributed by atoms with E-state index in [0.29, 0.717) is 28.1 Å². The topological polar surface area (TPSA) is 147 Å². The summed E-state index contributed by atoms with van der Waals surface area (Å²) in [6, 6.07) is 25.9. The van der Waals surface area contributed by atoms with Crippen LogP contribution in [0, 0.1) is 0 Å². The van der Waals surface area contributed by atoms with E-state index in [1.807, 2.05) is 12.1 Å². The van der Waals surface area contributed by atoms with Crippen LogP contribution in [0.5, 0.6) is 5.75 Å². The Morgan fingerprint density at radius 2 is 1.40 bits per heavy atom. The predicted molar refractivity (Wildman–Crippen MR) is 190 cm³/mol. The summed E-state index contributed by atoms with van der Waals surface area (Å²) >= 11 is 0. The number of sulfone groups is 1. The normalized spacial score (nSPS) is 12.7. The molecule has 4 aromatic rings. The second kappa shape index (κ2) is 15.6. The SMILES string of the molecule is CC1=CC=C(c2ccc(C(=O)Oc3ccc(CN(CC(=O)O)C(=O)c4ccc(NC(=O)Cc5ccc(S(C)(=O)=O)cc5)cc4)cc3)cc2)CC1. The zero-order valence-corrected chi connectivity index (χ0v) is 28.4. The first kappa shape index (κ1) is 35.5. The highest BCUT2D eigenvalue weighted by Gasteiger charge is 2.20. The molecule has 0 spiro atoms. The zero-order valence-electron chi connectivity index (χ0n) is 27.6. The lowest BCUT2D eigenvalue weighted by atomic mass is 9.93. The first-order valence-corrected chi connectivity index (χ1v) is 17.7. The molecule has 0 atom stereocenters. The van der Waals surface area contributed by atoms with E-state index in [-0.39, 0.29) is 29.3 Å². The number of carbonyl (C=O) groups excluding carboxylic acids is 3. The van der Waals surface area contributed by atoms with E-state index >= 15 is 0 Å². The summed E-state index contributed by atoms with van der Waals surface area (Å²) in [5.74, 6) is -2.25. The average Bonchev–Trinajstić information content (AvgIpc) is 3.09. The van der Waals surface area contributed by atoms with Crippen molar-refractivity contribution in [1.29, 1.82) is 0 Å². The molecule has 4 aromatic carbocycles. The fraction of sp³-hybridized carbons (Fsp3) is 0.179. The molecule has 5 rings (SSSR count). The molecule has 0 radical (unpaired) electrons. The van der Waals surface area contributed by atoms with Crippen LogP contribution in [0.1, 0.15) is 57.2 Å². The van der Waals surface area contributed by atoms with Crippen LogP contribution in [0.2, 0.25) is 0 Å². The molecule has 0 bridgehead atoms. The van der Waals surface area contributed by atoms with Gasteiger partial charge in [-0.3, -0.25) is 14.4 Å². The van der Waals surface area contributed by atoms with Crippen LogP contribution < -0.4 is 10.1 Å². The molecular weight excluding hydrogens is 657 g/mol. The number of carboxylic acid groups (broad SMARTS) is 1. The summed E-state index contributed by atoms with van der Waals surface area (Å²) < 4.78 is 28.8. The number of anilines is 1. The molecule has 0 heterocycles. The van der Waals surface area contributed by atoms with Crippen LogP contribution in [-0.2, 0) is 32.4 Å². The van der Waals surface area contributed by atoms with E-state index in [9.17, 15) is 32.7 Å². The van der Waals surface area contributed by atoms with E-state index in [1.54, 1.807) is 60.7 Å². The lowest BCUT2D eigenvalue weighted by molar-refractivity contribution is -0.137. The number of ether oxygens (including phenoxy) is 1. The fourth-order valence-corrected chi connectivity index (χ4v) is 5.97. The van der Waals surface area contributed by atoms with Gasteiger partial charge in [0.05, 0.1) is 16.9 Å². The van der Waals surface area contributed by atoms with Gasteiger partial charge in [0.15, 0.2) is 9.84 Å². The molecule has 50 heavy (non-hydrogen) atoms. The highest BCUT2D eigenvalue weighted by atomic mass is 32.2. The maximum Gasteiger partial charge on any atom is 0.343 e. The van der Waals surface area contributed by atoms with Crippen molar-refractivity contribution in [2.24, 2.45) is 0 Å². The number of esters is 1. The Balaban J connectivity index is 1.17. The molecule has 0 saturated heterocycles. The van der Waals surface area contributed by atoms with Crippen molar-refractivity contribution in [1.82, 2.24) is 4.90 Å². The zero-order chi connectivity index (χ0) is 35.8. The maximum atomic E-state index is 13.3. The van der Waals surface area contributed by atoms with Gasteiger partial charge in [-0.15, -0.1) is 0 Å². The summed E-state index contributed by atoms with van der Waals surface area (Å²) in [6.45, 7) is 1.55. The second-order valence-corrected chi connectivity index (χ2v) is 14.1. The second-order valence-electron chi connectivity index (χ2n) is 12.1. The minimum atomic E-state index is -3.34. The predicted octanol–water partition coefficient (Wildman–Crippen LogP) is 6.34. The summed E-state index contributed by atoms with van der Waals surface area (Å²) in [5.41, 5.74) is 5.94. The van der Waals surface area contributed by atoms with Gasteiger partial charge in [0.2, 0.25) is 5.91 Å². The highest BCUT2D eigenvalue weighted by molar-refractivity contribution is 7.90. The molecule has 11 heteroatoms. The number of rotatable bonds is 12. The molecular formula is C39H36N2O8S.